The number of nitrogens with one attached hydrogen (secondary N) is 1. The first-order valence-corrected chi connectivity index (χ1v) is 20.1. The van der Waals surface area contributed by atoms with E-state index in [0.717, 1.165) is 48.3 Å². The van der Waals surface area contributed by atoms with Crippen molar-refractivity contribution in [1.82, 2.24) is 5.32 Å². The molecule has 0 radical (unpaired) electrons. The summed E-state index contributed by atoms with van der Waals surface area (Å²) >= 11 is 0. The maximum atomic E-state index is 11.6. The average Bonchev–Trinajstić information content (AvgIpc) is 3.46. The lowest BCUT2D eigenvalue weighted by atomic mass is 9.47. The van der Waals surface area contributed by atoms with Gasteiger partial charge in [0.15, 0.2) is 6.29 Å². The molecule has 3 saturated carbocycles. The fourth-order valence-electron chi connectivity index (χ4n) is 11.1. The Morgan fingerprint density at radius 2 is 1.73 bits per heavy atom. The highest BCUT2D eigenvalue weighted by molar-refractivity contribution is 5.73. The number of fused-ring (bicyclic) bond motifs is 5. The number of hydrogen-bond donors (Lipinski definition) is 4. The van der Waals surface area contributed by atoms with Gasteiger partial charge in [-0.05, 0) is 97.7 Å². The molecule has 0 aromatic carbocycles. The van der Waals surface area contributed by atoms with Crippen molar-refractivity contribution in [1.29, 1.82) is 0 Å². The Labute approximate surface area is 310 Å². The first-order chi connectivity index (χ1) is 25.1. The summed E-state index contributed by atoms with van der Waals surface area (Å²) in [5.41, 5.74) is 2.43. The van der Waals surface area contributed by atoms with Crippen LogP contribution < -0.4 is 5.32 Å². The van der Waals surface area contributed by atoms with Crippen LogP contribution in [0.5, 0.6) is 0 Å². The SMILES string of the molecule is [2H]C([2H])(COCCOCCO[C@H]1CC[C@@]2(C)C(=CC[C@H]3[C@@H]4CC[C@H]([C@H](C)CCCC(C)C)[C@@]4(C)CC[C@@H]32)C1)O[C@@H]1O[C@H](CO)[C@@H](O)[C@H](O)[C@H]1NC(C)=O. The smallest absolute Gasteiger partial charge is 0.217 e. The van der Waals surface area contributed by atoms with Crippen molar-refractivity contribution in [3.05, 3.63) is 11.6 Å². The minimum absolute atomic E-state index is 0.124. The maximum Gasteiger partial charge on any atom is 0.217 e. The summed E-state index contributed by atoms with van der Waals surface area (Å²) < 4.78 is 44.8. The van der Waals surface area contributed by atoms with Crippen LogP contribution in [-0.4, -0.2) is 104 Å². The zero-order valence-electron chi connectivity index (χ0n) is 34.3. The van der Waals surface area contributed by atoms with E-state index in [1.54, 1.807) is 5.57 Å². The fraction of sp³-hybridized carbons (Fsp3) is 0.927. The van der Waals surface area contributed by atoms with Gasteiger partial charge in [-0.15, -0.1) is 0 Å². The molecule has 0 unspecified atom stereocenters. The summed E-state index contributed by atoms with van der Waals surface area (Å²) in [7, 11) is 0. The standard InChI is InChI=1S/C41H71NO9/c1-26(2)8-7-9-27(3)32-12-13-33-31-11-10-29-24-30(14-16-40(29,5)34(31)15-17-41(32,33)6)49-22-20-47-18-19-48-21-23-50-39-36(42-28(4)44)38(46)37(45)35(25-43)51-39/h10,26-27,30-39,43,45-46H,7-9,11-25H2,1-6H3,(H,42,44)/t27-,30+,31+,32-,33+,34+,35-,36-,37-,38-,39-,40+,41-/m1/s1/i23D2. The second kappa shape index (κ2) is 18.5. The van der Waals surface area contributed by atoms with Gasteiger partial charge in [-0.1, -0.05) is 65.5 Å². The van der Waals surface area contributed by atoms with Crippen molar-refractivity contribution in [2.45, 2.75) is 149 Å². The van der Waals surface area contributed by atoms with E-state index in [2.05, 4.69) is 46.0 Å². The Morgan fingerprint density at radius 3 is 2.45 bits per heavy atom. The molecular weight excluding hydrogens is 650 g/mol. The number of carbonyl (C=O) groups is 1. The lowest BCUT2D eigenvalue weighted by Crippen LogP contribution is -2.64. The number of allylic oxidation sites excluding steroid dienone is 1. The highest BCUT2D eigenvalue weighted by Gasteiger charge is 2.59. The first kappa shape index (κ1) is 38.2. The molecule has 294 valence electrons. The second-order valence-electron chi connectivity index (χ2n) is 17.4. The third-order valence-electron chi connectivity index (χ3n) is 13.8. The topological polar surface area (TPSA) is 136 Å². The molecule has 13 atom stereocenters. The van der Waals surface area contributed by atoms with Gasteiger partial charge in [0.25, 0.3) is 0 Å². The van der Waals surface area contributed by atoms with Crippen LogP contribution in [0, 0.1) is 46.3 Å². The van der Waals surface area contributed by atoms with E-state index in [1.807, 2.05) is 0 Å². The maximum absolute atomic E-state index is 11.6. The molecule has 5 aliphatic rings. The van der Waals surface area contributed by atoms with Crippen molar-refractivity contribution in [2.75, 3.05) is 46.2 Å². The molecule has 1 heterocycles. The van der Waals surface area contributed by atoms with Gasteiger partial charge in [0, 0.05) is 6.92 Å². The van der Waals surface area contributed by atoms with Crippen LogP contribution in [0.25, 0.3) is 0 Å². The van der Waals surface area contributed by atoms with E-state index >= 15 is 0 Å². The second-order valence-corrected chi connectivity index (χ2v) is 17.4. The molecule has 4 N–H and O–H groups in total. The molecule has 1 amide bonds. The van der Waals surface area contributed by atoms with Crippen LogP contribution in [-0.2, 0) is 28.5 Å². The Bertz CT molecular complexity index is 1220. The fourth-order valence-corrected chi connectivity index (χ4v) is 11.1. The molecule has 1 aliphatic heterocycles. The summed E-state index contributed by atoms with van der Waals surface area (Å²) in [6.07, 6.45) is 11.4. The van der Waals surface area contributed by atoms with Crippen LogP contribution >= 0.6 is 0 Å². The zero-order valence-corrected chi connectivity index (χ0v) is 32.3. The molecule has 10 heteroatoms. The molecule has 0 aromatic heterocycles. The normalized spacial score (nSPS) is 40.8. The number of rotatable bonds is 18. The van der Waals surface area contributed by atoms with E-state index in [0.29, 0.717) is 24.0 Å². The Balaban J connectivity index is 1.00. The zero-order chi connectivity index (χ0) is 38.6. The van der Waals surface area contributed by atoms with Gasteiger partial charge in [0.1, 0.15) is 24.4 Å². The molecule has 0 bridgehead atoms. The van der Waals surface area contributed by atoms with Crippen molar-refractivity contribution in [3.63, 3.8) is 0 Å². The van der Waals surface area contributed by atoms with Gasteiger partial charge in [0.2, 0.25) is 5.91 Å². The molecule has 51 heavy (non-hydrogen) atoms. The number of carbonyl (C=O) groups excluding carboxylic acids is 1. The molecule has 4 aliphatic carbocycles. The summed E-state index contributed by atoms with van der Waals surface area (Å²) in [4.78, 5) is 11.6. The highest BCUT2D eigenvalue weighted by atomic mass is 16.7. The van der Waals surface area contributed by atoms with Gasteiger partial charge in [-0.25, -0.2) is 0 Å². The number of aliphatic hydroxyl groups excluding tert-OH is 3. The van der Waals surface area contributed by atoms with Crippen LogP contribution in [0.1, 0.15) is 115 Å². The van der Waals surface area contributed by atoms with Crippen LogP contribution in [0.15, 0.2) is 11.6 Å². The van der Waals surface area contributed by atoms with E-state index in [4.69, 9.17) is 26.4 Å². The monoisotopic (exact) mass is 724 g/mol. The largest absolute Gasteiger partial charge is 0.394 e. The number of ether oxygens (including phenoxy) is 5. The summed E-state index contributed by atoms with van der Waals surface area (Å²) in [5.74, 6) is 4.49. The third-order valence-corrected chi connectivity index (χ3v) is 13.8. The van der Waals surface area contributed by atoms with Crippen molar-refractivity contribution in [2.24, 2.45) is 46.3 Å². The van der Waals surface area contributed by atoms with Gasteiger partial charge < -0.3 is 44.3 Å². The molecule has 0 aromatic rings. The van der Waals surface area contributed by atoms with Crippen LogP contribution in [0.4, 0.5) is 0 Å². The molecule has 4 fully saturated rings. The van der Waals surface area contributed by atoms with Gasteiger partial charge in [-0.3, -0.25) is 4.79 Å². The van der Waals surface area contributed by atoms with Crippen molar-refractivity contribution in [3.8, 4) is 0 Å². The minimum Gasteiger partial charge on any atom is -0.394 e. The van der Waals surface area contributed by atoms with Gasteiger partial charge in [-0.2, -0.15) is 0 Å². The summed E-state index contributed by atoms with van der Waals surface area (Å²) in [6, 6.07) is -1.24. The molecule has 10 nitrogen and oxygen atoms in total. The average molecular weight is 724 g/mol. The van der Waals surface area contributed by atoms with E-state index < -0.39 is 56.3 Å². The molecular formula is C41H71NO9. The predicted molar refractivity (Wildman–Crippen MR) is 196 cm³/mol. The highest BCUT2D eigenvalue weighted by Crippen LogP contribution is 2.67. The lowest BCUT2D eigenvalue weighted by Gasteiger charge is -2.58. The first-order valence-electron chi connectivity index (χ1n) is 21.1. The minimum atomic E-state index is -2.35. The Hall–Kier alpha value is -1.11. The van der Waals surface area contributed by atoms with E-state index in [1.165, 1.54) is 64.7 Å². The number of hydrogen-bond acceptors (Lipinski definition) is 9. The lowest BCUT2D eigenvalue weighted by molar-refractivity contribution is -0.272. The van der Waals surface area contributed by atoms with Crippen molar-refractivity contribution < 1.29 is 46.5 Å². The van der Waals surface area contributed by atoms with E-state index in [-0.39, 0.29) is 19.3 Å². The summed E-state index contributed by atoms with van der Waals surface area (Å²) in [5, 5.41) is 32.5. The van der Waals surface area contributed by atoms with Crippen molar-refractivity contribution >= 4 is 5.91 Å². The number of amides is 1. The Kier molecular flexibility index (Phi) is 13.8. The quantitative estimate of drug-likeness (QED) is 0.108. The predicted octanol–water partition coefficient (Wildman–Crippen LogP) is 5.41. The summed E-state index contributed by atoms with van der Waals surface area (Å²) in [6.45, 7) is 11.6. The van der Waals surface area contributed by atoms with Gasteiger partial charge >= 0.3 is 0 Å². The Morgan fingerprint density at radius 1 is 0.980 bits per heavy atom. The number of aliphatic hydroxyl groups is 3. The van der Waals surface area contributed by atoms with E-state index in [9.17, 15) is 20.1 Å². The van der Waals surface area contributed by atoms with Crippen LogP contribution in [0.3, 0.4) is 0 Å². The van der Waals surface area contributed by atoms with Crippen LogP contribution in [0.2, 0.25) is 0 Å². The molecule has 1 saturated heterocycles. The molecule has 5 rings (SSSR count). The molecule has 0 spiro atoms. The third kappa shape index (κ3) is 9.59. The van der Waals surface area contributed by atoms with Gasteiger partial charge in [0.05, 0.1) is 55.0 Å².